The van der Waals surface area contributed by atoms with Crippen molar-refractivity contribution >= 4 is 32.8 Å². The second kappa shape index (κ2) is 6.53. The van der Waals surface area contributed by atoms with Gasteiger partial charge in [0.05, 0.1) is 0 Å². The minimum Gasteiger partial charge on any atom is -0.310 e. The first-order valence-corrected chi connectivity index (χ1v) is 8.82. The topological polar surface area (TPSA) is 12.0 Å². The molecule has 0 fully saturated rings. The largest absolute Gasteiger partial charge is 0.310 e. The smallest absolute Gasteiger partial charge is 0.0346 e. The summed E-state index contributed by atoms with van der Waals surface area (Å²) in [6.07, 6.45) is 2.38. The van der Waals surface area contributed by atoms with Crippen LogP contribution in [0, 0.1) is 0 Å². The Kier molecular flexibility index (Phi) is 4.51. The van der Waals surface area contributed by atoms with Crippen LogP contribution in [0.1, 0.15) is 29.8 Å². The first-order chi connectivity index (χ1) is 9.84. The number of hydrogen-bond acceptors (Lipinski definition) is 3. The second-order valence-corrected chi connectivity index (χ2v) is 6.99. The van der Waals surface area contributed by atoms with Gasteiger partial charge in [0.15, 0.2) is 0 Å². The van der Waals surface area contributed by atoms with Crippen LogP contribution in [0.5, 0.6) is 0 Å². The highest BCUT2D eigenvalue weighted by atomic mass is 32.1. The molecule has 2 aromatic heterocycles. The van der Waals surface area contributed by atoms with E-state index in [4.69, 9.17) is 0 Å². The van der Waals surface area contributed by atoms with Crippen molar-refractivity contribution in [1.29, 1.82) is 0 Å². The number of hydrogen-bond donors (Lipinski definition) is 1. The van der Waals surface area contributed by atoms with E-state index in [0.29, 0.717) is 6.04 Å². The van der Waals surface area contributed by atoms with Gasteiger partial charge in [-0.2, -0.15) is 0 Å². The molecule has 20 heavy (non-hydrogen) atoms. The van der Waals surface area contributed by atoms with Crippen LogP contribution in [0.2, 0.25) is 0 Å². The van der Waals surface area contributed by atoms with Crippen molar-refractivity contribution in [3.63, 3.8) is 0 Å². The second-order valence-electron chi connectivity index (χ2n) is 5.05. The number of thiophene rings is 2. The number of nitrogens with one attached hydrogen (secondary N) is 1. The van der Waals surface area contributed by atoms with Gasteiger partial charge in [0.25, 0.3) is 0 Å². The molecule has 104 valence electrons. The van der Waals surface area contributed by atoms with E-state index in [9.17, 15) is 0 Å². The van der Waals surface area contributed by atoms with Gasteiger partial charge in [-0.25, -0.2) is 0 Å². The normalized spacial score (nSPS) is 12.8. The van der Waals surface area contributed by atoms with Gasteiger partial charge in [0.2, 0.25) is 0 Å². The molecule has 0 aliphatic rings. The Balaban J connectivity index is 1.55. The molecule has 0 aliphatic heterocycles. The minimum absolute atomic E-state index is 0.425. The van der Waals surface area contributed by atoms with Crippen LogP contribution in [0.25, 0.3) is 10.1 Å². The number of rotatable bonds is 6. The van der Waals surface area contributed by atoms with Gasteiger partial charge in [-0.05, 0) is 60.2 Å². The van der Waals surface area contributed by atoms with Crippen LogP contribution in [0.4, 0.5) is 0 Å². The summed E-state index contributed by atoms with van der Waals surface area (Å²) >= 11 is 3.70. The standard InChI is InChI=1S/C17H19NS2/c1-13(18-10-4-6-14-7-5-11-19-14)16-12-20-17-9-3-2-8-15(16)17/h2-3,5,7-9,11-13,18H,4,6,10H2,1H3. The average molecular weight is 301 g/mol. The van der Waals surface area contributed by atoms with E-state index in [1.807, 2.05) is 22.7 Å². The summed E-state index contributed by atoms with van der Waals surface area (Å²) in [6, 6.07) is 13.4. The summed E-state index contributed by atoms with van der Waals surface area (Å²) in [5.74, 6) is 0. The van der Waals surface area contributed by atoms with Gasteiger partial charge in [0.1, 0.15) is 0 Å². The monoisotopic (exact) mass is 301 g/mol. The maximum atomic E-state index is 3.65. The zero-order valence-corrected chi connectivity index (χ0v) is 13.3. The average Bonchev–Trinajstić information content (AvgIpc) is 3.12. The number of fused-ring (bicyclic) bond motifs is 1. The third-order valence-electron chi connectivity index (χ3n) is 3.61. The third-order valence-corrected chi connectivity index (χ3v) is 5.53. The number of benzene rings is 1. The maximum absolute atomic E-state index is 3.65. The van der Waals surface area contributed by atoms with E-state index in [-0.39, 0.29) is 0 Å². The molecule has 1 N–H and O–H groups in total. The molecule has 2 heterocycles. The van der Waals surface area contributed by atoms with Gasteiger partial charge < -0.3 is 5.32 Å². The summed E-state index contributed by atoms with van der Waals surface area (Å²) in [6.45, 7) is 3.34. The lowest BCUT2D eigenvalue weighted by molar-refractivity contribution is 0.563. The molecule has 1 unspecified atom stereocenters. The summed E-state index contributed by atoms with van der Waals surface area (Å²) in [4.78, 5) is 1.49. The molecule has 1 nitrogen and oxygen atoms in total. The summed E-state index contributed by atoms with van der Waals surface area (Å²) in [5.41, 5.74) is 1.43. The number of aryl methyl sites for hydroxylation is 1. The van der Waals surface area contributed by atoms with E-state index >= 15 is 0 Å². The Morgan fingerprint density at radius 1 is 1.10 bits per heavy atom. The summed E-state index contributed by atoms with van der Waals surface area (Å²) < 4.78 is 1.38. The lowest BCUT2D eigenvalue weighted by atomic mass is 10.1. The summed E-state index contributed by atoms with van der Waals surface area (Å²) in [5, 5.41) is 9.50. The zero-order valence-electron chi connectivity index (χ0n) is 11.6. The van der Waals surface area contributed by atoms with E-state index in [2.05, 4.69) is 59.4 Å². The van der Waals surface area contributed by atoms with Crippen LogP contribution in [-0.2, 0) is 6.42 Å². The molecule has 0 aliphatic carbocycles. The van der Waals surface area contributed by atoms with E-state index in [1.54, 1.807) is 0 Å². The van der Waals surface area contributed by atoms with Crippen LogP contribution >= 0.6 is 22.7 Å². The van der Waals surface area contributed by atoms with Gasteiger partial charge in [0, 0.05) is 15.6 Å². The zero-order chi connectivity index (χ0) is 13.8. The molecule has 3 rings (SSSR count). The molecule has 1 atom stereocenters. The molecule has 0 amide bonds. The molecule has 1 aromatic carbocycles. The first-order valence-electron chi connectivity index (χ1n) is 7.06. The van der Waals surface area contributed by atoms with E-state index in [0.717, 1.165) is 6.54 Å². The van der Waals surface area contributed by atoms with Crippen LogP contribution in [0.3, 0.4) is 0 Å². The van der Waals surface area contributed by atoms with Gasteiger partial charge >= 0.3 is 0 Å². The SMILES string of the molecule is CC(NCCCc1cccs1)c1csc2ccccc12. The summed E-state index contributed by atoms with van der Waals surface area (Å²) in [7, 11) is 0. The van der Waals surface area contributed by atoms with Crippen molar-refractivity contribution in [3.05, 3.63) is 57.6 Å². The highest BCUT2D eigenvalue weighted by Gasteiger charge is 2.10. The molecule has 3 aromatic rings. The van der Waals surface area contributed by atoms with Crippen molar-refractivity contribution in [2.45, 2.75) is 25.8 Å². The van der Waals surface area contributed by atoms with E-state index in [1.165, 1.54) is 33.4 Å². The lowest BCUT2D eigenvalue weighted by Crippen LogP contribution is -2.19. The lowest BCUT2D eigenvalue weighted by Gasteiger charge is -2.13. The maximum Gasteiger partial charge on any atom is 0.0346 e. The highest BCUT2D eigenvalue weighted by Crippen LogP contribution is 2.29. The quantitative estimate of drug-likeness (QED) is 0.613. The van der Waals surface area contributed by atoms with Crippen LogP contribution < -0.4 is 5.32 Å². The molecule has 0 spiro atoms. The first kappa shape index (κ1) is 13.8. The molecule has 0 radical (unpaired) electrons. The Hall–Kier alpha value is -1.16. The Morgan fingerprint density at radius 2 is 2.00 bits per heavy atom. The molecule has 0 saturated carbocycles. The molecule has 0 saturated heterocycles. The molecule has 0 bridgehead atoms. The fourth-order valence-corrected chi connectivity index (χ4v) is 4.29. The van der Waals surface area contributed by atoms with Crippen LogP contribution in [-0.4, -0.2) is 6.54 Å². The Bertz CT molecular complexity index is 655. The van der Waals surface area contributed by atoms with Crippen molar-refractivity contribution in [1.82, 2.24) is 5.32 Å². The third kappa shape index (κ3) is 3.11. The van der Waals surface area contributed by atoms with Crippen molar-refractivity contribution in [3.8, 4) is 0 Å². The van der Waals surface area contributed by atoms with Gasteiger partial charge in [-0.15, -0.1) is 22.7 Å². The highest BCUT2D eigenvalue weighted by molar-refractivity contribution is 7.17. The Morgan fingerprint density at radius 3 is 2.85 bits per heavy atom. The van der Waals surface area contributed by atoms with E-state index < -0.39 is 0 Å². The van der Waals surface area contributed by atoms with Crippen molar-refractivity contribution < 1.29 is 0 Å². The molecular weight excluding hydrogens is 282 g/mol. The fourth-order valence-electron chi connectivity index (χ4n) is 2.48. The molecule has 3 heteroatoms. The molecular formula is C17H19NS2. The van der Waals surface area contributed by atoms with Gasteiger partial charge in [-0.3, -0.25) is 0 Å². The predicted molar refractivity (Wildman–Crippen MR) is 90.9 cm³/mol. The predicted octanol–water partition coefficient (Wildman–Crippen LogP) is 5.25. The van der Waals surface area contributed by atoms with Crippen LogP contribution in [0.15, 0.2) is 47.2 Å². The minimum atomic E-state index is 0.425. The van der Waals surface area contributed by atoms with Crippen molar-refractivity contribution in [2.24, 2.45) is 0 Å². The van der Waals surface area contributed by atoms with Crippen molar-refractivity contribution in [2.75, 3.05) is 6.54 Å². The Labute approximate surface area is 128 Å². The fraction of sp³-hybridized carbons (Fsp3) is 0.294. The van der Waals surface area contributed by atoms with Gasteiger partial charge in [-0.1, -0.05) is 24.3 Å².